The third kappa shape index (κ3) is 4.16. The molecule has 1 heterocycles. The molecule has 0 saturated heterocycles. The maximum absolute atomic E-state index is 5.85. The molecule has 5 heteroatoms. The first-order valence-electron chi connectivity index (χ1n) is 5.89. The van der Waals surface area contributed by atoms with Gasteiger partial charge in [-0.2, -0.15) is 0 Å². The predicted octanol–water partition coefficient (Wildman–Crippen LogP) is 4.12. The molecule has 2 aromatic rings. The Labute approximate surface area is 131 Å². The summed E-state index contributed by atoms with van der Waals surface area (Å²) in [6, 6.07) is 9.41. The average molecular weight is 352 g/mol. The molecule has 0 radical (unpaired) electrons. The van der Waals surface area contributed by atoms with Crippen LogP contribution in [0.2, 0.25) is 5.15 Å². The summed E-state index contributed by atoms with van der Waals surface area (Å²) in [5.41, 5.74) is 1.90. The number of rotatable bonds is 5. The molecule has 102 valence electrons. The number of nitrogens with zero attached hydrogens (tertiary/aromatic N) is 1. The Morgan fingerprint density at radius 1 is 1.35 bits per heavy atom. The highest BCUT2D eigenvalue weighted by Crippen LogP contribution is 2.24. The van der Waals surface area contributed by atoms with Crippen molar-refractivity contribution >= 4 is 33.2 Å². The number of hydrogen-bond acceptors (Lipinski definition) is 3. The second-order valence-corrected chi connectivity index (χ2v) is 5.27. The lowest BCUT2D eigenvalue weighted by Crippen LogP contribution is -2.04. The standard InChI is InChI=1S/C15H12BrClN2O/c1-2-7-20-14-4-3-12(16)8-11(14)10-19-13-5-6-18-15(17)9-13/h1,3-6,8-9H,7,10H2,(H,18,19). The SMILES string of the molecule is C#CCOc1ccc(Br)cc1CNc1ccnc(Cl)c1. The summed E-state index contributed by atoms with van der Waals surface area (Å²) in [5.74, 6) is 3.22. The Hall–Kier alpha value is -1.70. The van der Waals surface area contributed by atoms with E-state index in [0.29, 0.717) is 11.7 Å². The Morgan fingerprint density at radius 3 is 2.95 bits per heavy atom. The quantitative estimate of drug-likeness (QED) is 0.650. The fraction of sp³-hybridized carbons (Fsp3) is 0.133. The van der Waals surface area contributed by atoms with Gasteiger partial charge in [-0.05, 0) is 30.3 Å². The van der Waals surface area contributed by atoms with Gasteiger partial charge in [0.15, 0.2) is 0 Å². The third-order valence-corrected chi connectivity index (χ3v) is 3.24. The zero-order valence-electron chi connectivity index (χ0n) is 10.6. The first-order valence-corrected chi connectivity index (χ1v) is 7.06. The maximum atomic E-state index is 5.85. The topological polar surface area (TPSA) is 34.1 Å². The zero-order valence-corrected chi connectivity index (χ0v) is 12.9. The molecule has 0 atom stereocenters. The van der Waals surface area contributed by atoms with Gasteiger partial charge in [0.2, 0.25) is 0 Å². The maximum Gasteiger partial charge on any atom is 0.148 e. The van der Waals surface area contributed by atoms with Crippen molar-refractivity contribution < 1.29 is 4.74 Å². The van der Waals surface area contributed by atoms with Gasteiger partial charge in [-0.25, -0.2) is 4.98 Å². The molecule has 0 aliphatic rings. The van der Waals surface area contributed by atoms with Crippen LogP contribution in [0.15, 0.2) is 41.0 Å². The highest BCUT2D eigenvalue weighted by molar-refractivity contribution is 9.10. The van der Waals surface area contributed by atoms with Gasteiger partial charge in [0.25, 0.3) is 0 Å². The highest BCUT2D eigenvalue weighted by atomic mass is 79.9. The molecular formula is C15H12BrClN2O. The number of halogens is 2. The highest BCUT2D eigenvalue weighted by Gasteiger charge is 2.05. The van der Waals surface area contributed by atoms with E-state index in [1.165, 1.54) is 0 Å². The summed E-state index contributed by atoms with van der Waals surface area (Å²) in [6.07, 6.45) is 6.87. The molecule has 0 fully saturated rings. The zero-order chi connectivity index (χ0) is 14.4. The van der Waals surface area contributed by atoms with Gasteiger partial charge in [-0.3, -0.25) is 0 Å². The Balaban J connectivity index is 2.11. The van der Waals surface area contributed by atoms with Gasteiger partial charge >= 0.3 is 0 Å². The number of nitrogens with one attached hydrogen (secondary N) is 1. The lowest BCUT2D eigenvalue weighted by atomic mass is 10.2. The molecule has 2 rings (SSSR count). The van der Waals surface area contributed by atoms with Gasteiger partial charge < -0.3 is 10.1 Å². The summed E-state index contributed by atoms with van der Waals surface area (Å²) in [5, 5.41) is 3.72. The van der Waals surface area contributed by atoms with Crippen LogP contribution in [0.25, 0.3) is 0 Å². The molecule has 20 heavy (non-hydrogen) atoms. The van der Waals surface area contributed by atoms with E-state index in [-0.39, 0.29) is 6.61 Å². The van der Waals surface area contributed by atoms with Crippen LogP contribution in [0, 0.1) is 12.3 Å². The summed E-state index contributed by atoms with van der Waals surface area (Å²) >= 11 is 9.29. The van der Waals surface area contributed by atoms with Crippen LogP contribution in [0.1, 0.15) is 5.56 Å². The molecule has 0 saturated carbocycles. The summed E-state index contributed by atoms with van der Waals surface area (Å²) in [7, 11) is 0. The average Bonchev–Trinajstić information content (AvgIpc) is 2.44. The minimum atomic E-state index is 0.246. The van der Waals surface area contributed by atoms with Crippen molar-refractivity contribution in [2.24, 2.45) is 0 Å². The largest absolute Gasteiger partial charge is 0.481 e. The van der Waals surface area contributed by atoms with E-state index < -0.39 is 0 Å². The van der Waals surface area contributed by atoms with Crippen molar-refractivity contribution in [2.75, 3.05) is 11.9 Å². The summed E-state index contributed by atoms with van der Waals surface area (Å²) < 4.78 is 6.50. The molecule has 1 N–H and O–H groups in total. The Morgan fingerprint density at radius 2 is 2.20 bits per heavy atom. The fourth-order valence-corrected chi connectivity index (χ4v) is 2.24. The smallest absolute Gasteiger partial charge is 0.148 e. The number of hydrogen-bond donors (Lipinski definition) is 1. The van der Waals surface area contributed by atoms with Crippen LogP contribution >= 0.6 is 27.5 Å². The molecule has 0 amide bonds. The van der Waals surface area contributed by atoms with Crippen LogP contribution in [-0.2, 0) is 6.54 Å². The van der Waals surface area contributed by atoms with E-state index in [1.54, 1.807) is 12.3 Å². The monoisotopic (exact) mass is 350 g/mol. The molecule has 0 bridgehead atoms. The summed E-state index contributed by atoms with van der Waals surface area (Å²) in [4.78, 5) is 3.94. The molecule has 0 spiro atoms. The van der Waals surface area contributed by atoms with Gasteiger partial charge in [0, 0.05) is 28.5 Å². The molecular weight excluding hydrogens is 340 g/mol. The van der Waals surface area contributed by atoms with E-state index in [0.717, 1.165) is 21.5 Å². The van der Waals surface area contributed by atoms with E-state index in [9.17, 15) is 0 Å². The lowest BCUT2D eigenvalue weighted by Gasteiger charge is -2.12. The van der Waals surface area contributed by atoms with Crippen LogP contribution < -0.4 is 10.1 Å². The molecule has 1 aromatic heterocycles. The van der Waals surface area contributed by atoms with Gasteiger partial charge in [0.1, 0.15) is 17.5 Å². The number of anilines is 1. The normalized spacial score (nSPS) is 9.85. The van der Waals surface area contributed by atoms with E-state index in [4.69, 9.17) is 22.8 Å². The van der Waals surface area contributed by atoms with Crippen molar-refractivity contribution in [3.8, 4) is 18.1 Å². The van der Waals surface area contributed by atoms with E-state index in [1.807, 2.05) is 24.3 Å². The van der Waals surface area contributed by atoms with E-state index >= 15 is 0 Å². The van der Waals surface area contributed by atoms with Gasteiger partial charge in [-0.15, -0.1) is 6.42 Å². The Kier molecular flexibility index (Phi) is 5.28. The van der Waals surface area contributed by atoms with Crippen LogP contribution in [0.5, 0.6) is 5.75 Å². The second-order valence-electron chi connectivity index (χ2n) is 3.97. The molecule has 0 aliphatic carbocycles. The fourth-order valence-electron chi connectivity index (χ4n) is 1.66. The molecule has 3 nitrogen and oxygen atoms in total. The van der Waals surface area contributed by atoms with Crippen molar-refractivity contribution in [3.63, 3.8) is 0 Å². The number of pyridine rings is 1. The second kappa shape index (κ2) is 7.18. The predicted molar refractivity (Wildman–Crippen MR) is 85.0 cm³/mol. The number of ether oxygens (including phenoxy) is 1. The summed E-state index contributed by atoms with van der Waals surface area (Å²) in [6.45, 7) is 0.843. The minimum Gasteiger partial charge on any atom is -0.481 e. The van der Waals surface area contributed by atoms with Gasteiger partial charge in [-0.1, -0.05) is 33.5 Å². The van der Waals surface area contributed by atoms with Crippen molar-refractivity contribution in [2.45, 2.75) is 6.54 Å². The van der Waals surface area contributed by atoms with Gasteiger partial charge in [0.05, 0.1) is 0 Å². The number of benzene rings is 1. The van der Waals surface area contributed by atoms with Crippen LogP contribution in [0.4, 0.5) is 5.69 Å². The third-order valence-electron chi connectivity index (χ3n) is 2.54. The number of terminal acetylenes is 1. The van der Waals surface area contributed by atoms with Crippen molar-refractivity contribution in [3.05, 3.63) is 51.7 Å². The Bertz CT molecular complexity index is 640. The van der Waals surface area contributed by atoms with Crippen molar-refractivity contribution in [1.82, 2.24) is 4.98 Å². The molecule has 1 aromatic carbocycles. The van der Waals surface area contributed by atoms with Crippen LogP contribution in [-0.4, -0.2) is 11.6 Å². The van der Waals surface area contributed by atoms with Crippen molar-refractivity contribution in [1.29, 1.82) is 0 Å². The minimum absolute atomic E-state index is 0.246. The first-order chi connectivity index (χ1) is 9.69. The molecule has 0 aliphatic heterocycles. The lowest BCUT2D eigenvalue weighted by molar-refractivity contribution is 0.366. The molecule has 0 unspecified atom stereocenters. The number of aromatic nitrogens is 1. The van der Waals surface area contributed by atoms with Crippen LogP contribution in [0.3, 0.4) is 0 Å². The van der Waals surface area contributed by atoms with E-state index in [2.05, 4.69) is 32.2 Å². The first kappa shape index (κ1) is 14.7.